The molecule has 0 fully saturated rings. The second-order valence-electron chi connectivity index (χ2n) is 3.70. The van der Waals surface area contributed by atoms with Crippen molar-refractivity contribution in [2.75, 3.05) is 0 Å². The highest BCUT2D eigenvalue weighted by atomic mass is 32.1. The van der Waals surface area contributed by atoms with Crippen molar-refractivity contribution in [3.05, 3.63) is 21.9 Å². The Balaban J connectivity index is 2.71. The Morgan fingerprint density at radius 3 is 2.93 bits per heavy atom. The molecule has 0 radical (unpaired) electrons. The maximum absolute atomic E-state index is 10.8. The number of hydrogen-bond acceptors (Lipinski definition) is 3. The van der Waals surface area contributed by atoms with Crippen LogP contribution in [0.2, 0.25) is 0 Å². The fourth-order valence-electron chi connectivity index (χ4n) is 1.03. The Labute approximate surface area is 93.1 Å². The molecule has 0 aromatic carbocycles. The van der Waals surface area contributed by atoms with Crippen LogP contribution >= 0.6 is 11.3 Å². The highest BCUT2D eigenvalue weighted by molar-refractivity contribution is 7.12. The number of carboxylic acid groups (broad SMARTS) is 1. The highest BCUT2D eigenvalue weighted by Crippen LogP contribution is 2.17. The van der Waals surface area contributed by atoms with E-state index in [0.29, 0.717) is 11.4 Å². The largest absolute Gasteiger partial charge is 0.477 e. The molecule has 0 amide bonds. The number of aromatic carboxylic acids is 1. The molecule has 0 aliphatic rings. The van der Waals surface area contributed by atoms with Crippen molar-refractivity contribution in [3.63, 3.8) is 0 Å². The summed E-state index contributed by atoms with van der Waals surface area (Å²) in [6.45, 7) is 4.22. The van der Waals surface area contributed by atoms with Gasteiger partial charge in [-0.25, -0.2) is 4.79 Å². The maximum Gasteiger partial charge on any atom is 0.346 e. The lowest BCUT2D eigenvalue weighted by atomic mass is 10.1. The zero-order valence-corrected chi connectivity index (χ0v) is 9.52. The third kappa shape index (κ3) is 3.08. The van der Waals surface area contributed by atoms with Gasteiger partial charge in [-0.1, -0.05) is 5.92 Å². The van der Waals surface area contributed by atoms with Gasteiger partial charge in [-0.05, 0) is 30.9 Å². The Morgan fingerprint density at radius 1 is 1.73 bits per heavy atom. The quantitative estimate of drug-likeness (QED) is 0.767. The van der Waals surface area contributed by atoms with Crippen LogP contribution in [0.4, 0.5) is 0 Å². The molecule has 3 nitrogen and oxygen atoms in total. The number of carbonyl (C=O) groups is 1. The van der Waals surface area contributed by atoms with E-state index in [0.717, 1.165) is 5.56 Å². The second-order valence-corrected chi connectivity index (χ2v) is 4.62. The van der Waals surface area contributed by atoms with Crippen LogP contribution in [0.15, 0.2) is 11.4 Å². The van der Waals surface area contributed by atoms with Gasteiger partial charge in [0.05, 0.1) is 5.54 Å². The molecule has 1 aromatic heterocycles. The molecule has 0 aliphatic heterocycles. The first-order chi connectivity index (χ1) is 6.96. The van der Waals surface area contributed by atoms with Gasteiger partial charge < -0.3 is 5.11 Å². The normalized spacial score (nSPS) is 11.0. The Morgan fingerprint density at radius 2 is 2.40 bits per heavy atom. The van der Waals surface area contributed by atoms with Crippen molar-refractivity contribution >= 4 is 17.3 Å². The molecule has 0 spiro atoms. The highest BCUT2D eigenvalue weighted by Gasteiger charge is 2.16. The summed E-state index contributed by atoms with van der Waals surface area (Å²) in [5.74, 6) is 1.71. The van der Waals surface area contributed by atoms with E-state index >= 15 is 0 Å². The van der Waals surface area contributed by atoms with Gasteiger partial charge in [0.1, 0.15) is 4.88 Å². The zero-order chi connectivity index (χ0) is 11.5. The average molecular weight is 223 g/mol. The van der Waals surface area contributed by atoms with E-state index in [1.165, 1.54) is 11.3 Å². The summed E-state index contributed by atoms with van der Waals surface area (Å²) in [4.78, 5) is 11.2. The van der Waals surface area contributed by atoms with Gasteiger partial charge >= 0.3 is 5.97 Å². The maximum atomic E-state index is 10.8. The summed E-state index contributed by atoms with van der Waals surface area (Å²) in [7, 11) is 0. The molecule has 0 saturated carbocycles. The number of terminal acetylenes is 1. The predicted molar refractivity (Wildman–Crippen MR) is 61.0 cm³/mol. The van der Waals surface area contributed by atoms with E-state index in [9.17, 15) is 4.79 Å². The van der Waals surface area contributed by atoms with Crippen LogP contribution in [-0.4, -0.2) is 16.6 Å². The first kappa shape index (κ1) is 11.8. The minimum Gasteiger partial charge on any atom is -0.477 e. The summed E-state index contributed by atoms with van der Waals surface area (Å²) in [5.41, 5.74) is 0.355. The van der Waals surface area contributed by atoms with Gasteiger partial charge in [0, 0.05) is 6.54 Å². The standard InChI is InChI=1S/C11H13NO2S/c1-4-11(2,3)12-7-8-5-6-15-9(8)10(13)14/h1,5-6,12H,7H2,2-3H3,(H,13,14). The number of rotatable bonds is 4. The molecule has 0 bridgehead atoms. The monoisotopic (exact) mass is 223 g/mol. The van der Waals surface area contributed by atoms with Gasteiger partial charge in [0.2, 0.25) is 0 Å². The van der Waals surface area contributed by atoms with Crippen LogP contribution in [0.1, 0.15) is 29.1 Å². The second kappa shape index (κ2) is 4.47. The van der Waals surface area contributed by atoms with Crippen molar-refractivity contribution in [1.29, 1.82) is 0 Å². The molecule has 0 saturated heterocycles. The van der Waals surface area contributed by atoms with Gasteiger partial charge in [-0.2, -0.15) is 0 Å². The summed E-state index contributed by atoms with van der Waals surface area (Å²) in [6, 6.07) is 1.80. The molecule has 15 heavy (non-hydrogen) atoms. The van der Waals surface area contributed by atoms with Crippen molar-refractivity contribution in [3.8, 4) is 12.3 Å². The number of carboxylic acids is 1. The van der Waals surface area contributed by atoms with E-state index < -0.39 is 11.5 Å². The fourth-order valence-corrected chi connectivity index (χ4v) is 1.79. The SMILES string of the molecule is C#CC(C)(C)NCc1ccsc1C(=O)O. The van der Waals surface area contributed by atoms with Gasteiger partial charge in [-0.3, -0.25) is 5.32 Å². The third-order valence-corrected chi connectivity index (χ3v) is 2.97. The minimum atomic E-state index is -0.889. The molecular formula is C11H13NO2S. The van der Waals surface area contributed by atoms with Crippen LogP contribution in [0.5, 0.6) is 0 Å². The molecule has 80 valence electrons. The van der Waals surface area contributed by atoms with Gasteiger partial charge in [-0.15, -0.1) is 17.8 Å². The molecule has 0 atom stereocenters. The topological polar surface area (TPSA) is 49.3 Å². The first-order valence-electron chi connectivity index (χ1n) is 4.49. The average Bonchev–Trinajstić information content (AvgIpc) is 2.63. The minimum absolute atomic E-state index is 0.371. The molecule has 1 aromatic rings. The van der Waals surface area contributed by atoms with Crippen LogP contribution in [0.3, 0.4) is 0 Å². The molecular weight excluding hydrogens is 210 g/mol. The molecule has 1 rings (SSSR count). The van der Waals surface area contributed by atoms with E-state index in [1.54, 1.807) is 11.4 Å². The van der Waals surface area contributed by atoms with E-state index in [2.05, 4.69) is 11.2 Å². The Kier molecular flexibility index (Phi) is 3.51. The Bertz CT molecular complexity index is 401. The lowest BCUT2D eigenvalue weighted by Gasteiger charge is -2.19. The molecule has 0 aliphatic carbocycles. The van der Waals surface area contributed by atoms with Crippen LogP contribution in [-0.2, 0) is 6.54 Å². The van der Waals surface area contributed by atoms with Gasteiger partial charge in [0.15, 0.2) is 0 Å². The zero-order valence-electron chi connectivity index (χ0n) is 8.70. The lowest BCUT2D eigenvalue weighted by Crippen LogP contribution is -2.37. The third-order valence-electron chi connectivity index (χ3n) is 2.02. The van der Waals surface area contributed by atoms with E-state index in [4.69, 9.17) is 11.5 Å². The molecule has 2 N–H and O–H groups in total. The van der Waals surface area contributed by atoms with Crippen LogP contribution in [0.25, 0.3) is 0 Å². The predicted octanol–water partition coefficient (Wildman–Crippen LogP) is 1.95. The summed E-state index contributed by atoms with van der Waals surface area (Å²) in [6.07, 6.45) is 5.32. The number of nitrogens with one attached hydrogen (secondary N) is 1. The van der Waals surface area contributed by atoms with Crippen LogP contribution in [0, 0.1) is 12.3 Å². The van der Waals surface area contributed by atoms with Crippen molar-refractivity contribution < 1.29 is 9.90 Å². The smallest absolute Gasteiger partial charge is 0.346 e. The van der Waals surface area contributed by atoms with Crippen LogP contribution < -0.4 is 5.32 Å². The summed E-state index contributed by atoms with van der Waals surface area (Å²) >= 11 is 1.22. The number of hydrogen-bond donors (Lipinski definition) is 2. The van der Waals surface area contributed by atoms with E-state index in [1.807, 2.05) is 13.8 Å². The molecule has 0 unspecified atom stereocenters. The van der Waals surface area contributed by atoms with Gasteiger partial charge in [0.25, 0.3) is 0 Å². The van der Waals surface area contributed by atoms with Crippen molar-refractivity contribution in [1.82, 2.24) is 5.32 Å². The Hall–Kier alpha value is -1.31. The first-order valence-corrected chi connectivity index (χ1v) is 5.37. The molecule has 1 heterocycles. The van der Waals surface area contributed by atoms with E-state index in [-0.39, 0.29) is 0 Å². The number of thiophene rings is 1. The lowest BCUT2D eigenvalue weighted by molar-refractivity contribution is 0.0701. The van der Waals surface area contributed by atoms with Crippen molar-refractivity contribution in [2.24, 2.45) is 0 Å². The van der Waals surface area contributed by atoms with Crippen molar-refractivity contribution in [2.45, 2.75) is 25.9 Å². The summed E-state index contributed by atoms with van der Waals surface area (Å²) in [5, 5.41) is 13.8. The fraction of sp³-hybridized carbons (Fsp3) is 0.364. The molecule has 4 heteroatoms. The summed E-state index contributed by atoms with van der Waals surface area (Å²) < 4.78 is 0.